The van der Waals surface area contributed by atoms with Crippen molar-refractivity contribution in [3.8, 4) is 0 Å². The maximum atomic E-state index is 12.0. The summed E-state index contributed by atoms with van der Waals surface area (Å²) in [5, 5.41) is 6.13. The van der Waals surface area contributed by atoms with Crippen molar-refractivity contribution in [1.29, 1.82) is 0 Å². The predicted octanol–water partition coefficient (Wildman–Crippen LogP) is 0.952. The van der Waals surface area contributed by atoms with Crippen molar-refractivity contribution < 1.29 is 13.2 Å². The molecule has 0 bridgehead atoms. The minimum absolute atomic E-state index is 0.0248. The zero-order chi connectivity index (χ0) is 15.2. The zero-order valence-corrected chi connectivity index (χ0v) is 13.6. The SMILES string of the molecule is CCS(=O)(=O)CC(C)NC(=O)CC(C)C1CCNCC1. The minimum Gasteiger partial charge on any atom is -0.353 e. The predicted molar refractivity (Wildman–Crippen MR) is 81.3 cm³/mol. The van der Waals surface area contributed by atoms with E-state index in [1.807, 2.05) is 0 Å². The molecule has 118 valence electrons. The molecule has 0 aliphatic carbocycles. The average molecular weight is 304 g/mol. The first-order valence-electron chi connectivity index (χ1n) is 7.54. The van der Waals surface area contributed by atoms with E-state index in [2.05, 4.69) is 17.6 Å². The van der Waals surface area contributed by atoms with Crippen molar-refractivity contribution in [3.63, 3.8) is 0 Å². The first-order chi connectivity index (χ1) is 9.34. The van der Waals surface area contributed by atoms with Gasteiger partial charge < -0.3 is 10.6 Å². The molecule has 1 saturated heterocycles. The van der Waals surface area contributed by atoms with Gasteiger partial charge in [-0.15, -0.1) is 0 Å². The molecule has 0 radical (unpaired) electrons. The third kappa shape index (κ3) is 6.22. The van der Waals surface area contributed by atoms with Gasteiger partial charge >= 0.3 is 0 Å². The van der Waals surface area contributed by atoms with E-state index in [1.54, 1.807) is 13.8 Å². The maximum Gasteiger partial charge on any atom is 0.220 e. The number of rotatable bonds is 7. The first kappa shape index (κ1) is 17.4. The van der Waals surface area contributed by atoms with Gasteiger partial charge in [0.2, 0.25) is 5.91 Å². The Morgan fingerprint density at radius 1 is 1.30 bits per heavy atom. The molecule has 0 aromatic rings. The Labute approximate surface area is 122 Å². The van der Waals surface area contributed by atoms with Crippen molar-refractivity contribution >= 4 is 15.7 Å². The van der Waals surface area contributed by atoms with Gasteiger partial charge in [0.1, 0.15) is 0 Å². The summed E-state index contributed by atoms with van der Waals surface area (Å²) in [7, 11) is -3.04. The van der Waals surface area contributed by atoms with E-state index in [1.165, 1.54) is 0 Å². The molecule has 0 saturated carbocycles. The Morgan fingerprint density at radius 3 is 2.45 bits per heavy atom. The van der Waals surface area contributed by atoms with Crippen molar-refractivity contribution in [2.45, 2.75) is 46.1 Å². The number of amides is 1. The Morgan fingerprint density at radius 2 is 1.90 bits per heavy atom. The Kier molecular flexibility index (Phi) is 6.95. The number of carbonyl (C=O) groups excluding carboxylic acids is 1. The first-order valence-corrected chi connectivity index (χ1v) is 9.36. The van der Waals surface area contributed by atoms with Crippen LogP contribution in [0.4, 0.5) is 0 Å². The molecular weight excluding hydrogens is 276 g/mol. The number of sulfone groups is 1. The molecular formula is C14H28N2O3S. The molecule has 5 nitrogen and oxygen atoms in total. The normalized spacial score (nSPS) is 20.4. The fourth-order valence-corrected chi connectivity index (χ4v) is 3.83. The van der Waals surface area contributed by atoms with E-state index in [0.717, 1.165) is 25.9 Å². The summed E-state index contributed by atoms with van der Waals surface area (Å²) in [5.74, 6) is 1.06. The summed E-state index contributed by atoms with van der Waals surface area (Å²) in [6.07, 6.45) is 2.73. The molecule has 1 fully saturated rings. The highest BCUT2D eigenvalue weighted by Gasteiger charge is 2.23. The third-order valence-electron chi connectivity index (χ3n) is 4.05. The molecule has 1 aliphatic rings. The molecule has 20 heavy (non-hydrogen) atoms. The van der Waals surface area contributed by atoms with Crippen LogP contribution in [0.1, 0.15) is 40.0 Å². The van der Waals surface area contributed by atoms with Gasteiger partial charge in [-0.1, -0.05) is 13.8 Å². The van der Waals surface area contributed by atoms with Crippen LogP contribution in [0.5, 0.6) is 0 Å². The number of hydrogen-bond acceptors (Lipinski definition) is 4. The standard InChI is InChI=1S/C14H28N2O3S/c1-4-20(18,19)10-12(3)16-14(17)9-11(2)13-5-7-15-8-6-13/h11-13,15H,4-10H2,1-3H3,(H,16,17). The summed E-state index contributed by atoms with van der Waals surface area (Å²) in [4.78, 5) is 12.0. The summed E-state index contributed by atoms with van der Waals surface area (Å²) >= 11 is 0. The lowest BCUT2D eigenvalue weighted by atomic mass is 9.84. The van der Waals surface area contributed by atoms with Crippen LogP contribution in [0, 0.1) is 11.8 Å². The van der Waals surface area contributed by atoms with Gasteiger partial charge in [-0.3, -0.25) is 4.79 Å². The van der Waals surface area contributed by atoms with Crippen LogP contribution in [-0.2, 0) is 14.6 Å². The number of hydrogen-bond donors (Lipinski definition) is 2. The lowest BCUT2D eigenvalue weighted by molar-refractivity contribution is -0.122. The van der Waals surface area contributed by atoms with Crippen LogP contribution in [-0.4, -0.2) is 45.0 Å². The minimum atomic E-state index is -3.04. The molecule has 1 heterocycles. The molecule has 0 aromatic heterocycles. The Balaban J connectivity index is 2.35. The molecule has 2 atom stereocenters. The van der Waals surface area contributed by atoms with Gasteiger partial charge in [0.15, 0.2) is 9.84 Å². The highest BCUT2D eigenvalue weighted by molar-refractivity contribution is 7.91. The summed E-state index contributed by atoms with van der Waals surface area (Å²) in [6, 6.07) is -0.312. The van der Waals surface area contributed by atoms with Crippen LogP contribution in [0.25, 0.3) is 0 Å². The highest BCUT2D eigenvalue weighted by atomic mass is 32.2. The van der Waals surface area contributed by atoms with Crippen LogP contribution in [0.3, 0.4) is 0 Å². The Bertz CT molecular complexity index is 403. The molecule has 2 N–H and O–H groups in total. The lowest BCUT2D eigenvalue weighted by Crippen LogP contribution is -2.39. The van der Waals surface area contributed by atoms with E-state index in [4.69, 9.17) is 0 Å². The van der Waals surface area contributed by atoms with Gasteiger partial charge in [0, 0.05) is 18.2 Å². The van der Waals surface area contributed by atoms with Gasteiger partial charge in [0.05, 0.1) is 5.75 Å². The fraction of sp³-hybridized carbons (Fsp3) is 0.929. The molecule has 0 spiro atoms. The average Bonchev–Trinajstić information content (AvgIpc) is 2.38. The second-order valence-corrected chi connectivity index (χ2v) is 8.33. The second-order valence-electron chi connectivity index (χ2n) is 5.94. The monoisotopic (exact) mass is 304 g/mol. The molecule has 6 heteroatoms. The highest BCUT2D eigenvalue weighted by Crippen LogP contribution is 2.24. The summed E-state index contributed by atoms with van der Waals surface area (Å²) in [6.45, 7) is 7.55. The molecule has 1 aliphatic heterocycles. The van der Waals surface area contributed by atoms with Crippen molar-refractivity contribution in [1.82, 2.24) is 10.6 Å². The van der Waals surface area contributed by atoms with Crippen LogP contribution >= 0.6 is 0 Å². The number of carbonyl (C=O) groups is 1. The largest absolute Gasteiger partial charge is 0.353 e. The van der Waals surface area contributed by atoms with Crippen LogP contribution < -0.4 is 10.6 Å². The van der Waals surface area contributed by atoms with E-state index >= 15 is 0 Å². The van der Waals surface area contributed by atoms with E-state index < -0.39 is 9.84 Å². The van der Waals surface area contributed by atoms with Crippen LogP contribution in [0.15, 0.2) is 0 Å². The van der Waals surface area contributed by atoms with Crippen LogP contribution in [0.2, 0.25) is 0 Å². The van der Waals surface area contributed by atoms with Gasteiger partial charge in [0.25, 0.3) is 0 Å². The summed E-state index contributed by atoms with van der Waals surface area (Å²) < 4.78 is 23.0. The second kappa shape index (κ2) is 7.98. The van der Waals surface area contributed by atoms with E-state index in [9.17, 15) is 13.2 Å². The number of nitrogens with one attached hydrogen (secondary N) is 2. The van der Waals surface area contributed by atoms with E-state index in [0.29, 0.717) is 18.3 Å². The van der Waals surface area contributed by atoms with Gasteiger partial charge in [-0.05, 0) is 44.7 Å². The third-order valence-corrected chi connectivity index (χ3v) is 5.93. The number of piperidine rings is 1. The van der Waals surface area contributed by atoms with Gasteiger partial charge in [-0.25, -0.2) is 8.42 Å². The molecule has 1 rings (SSSR count). The molecule has 1 amide bonds. The molecule has 0 aromatic carbocycles. The lowest BCUT2D eigenvalue weighted by Gasteiger charge is -2.28. The van der Waals surface area contributed by atoms with E-state index in [-0.39, 0.29) is 23.5 Å². The quantitative estimate of drug-likeness (QED) is 0.734. The topological polar surface area (TPSA) is 75.3 Å². The Hall–Kier alpha value is -0.620. The smallest absolute Gasteiger partial charge is 0.220 e. The maximum absolute atomic E-state index is 12.0. The summed E-state index contributed by atoms with van der Waals surface area (Å²) in [5.41, 5.74) is 0. The zero-order valence-electron chi connectivity index (χ0n) is 12.8. The molecule has 2 unspecified atom stereocenters. The van der Waals surface area contributed by atoms with Crippen molar-refractivity contribution in [2.75, 3.05) is 24.6 Å². The van der Waals surface area contributed by atoms with Gasteiger partial charge in [-0.2, -0.15) is 0 Å². The van der Waals surface area contributed by atoms with Crippen molar-refractivity contribution in [3.05, 3.63) is 0 Å². The van der Waals surface area contributed by atoms with Crippen molar-refractivity contribution in [2.24, 2.45) is 11.8 Å². The fourth-order valence-electron chi connectivity index (χ4n) is 2.75.